The molecule has 3 aliphatic rings. The molecular weight excluding hydrogens is 304 g/mol. The maximum Gasteiger partial charge on any atom is 0.330 e. The zero-order valence-corrected chi connectivity index (χ0v) is 14.2. The molecule has 4 atom stereocenters. The van der Waals surface area contributed by atoms with E-state index in [-0.39, 0.29) is 6.10 Å². The van der Waals surface area contributed by atoms with Crippen molar-refractivity contribution < 1.29 is 33.2 Å². The molecular formula is C16H24O7. The molecule has 3 heterocycles. The molecule has 0 aromatic heterocycles. The van der Waals surface area contributed by atoms with Crippen LogP contribution in [0.1, 0.15) is 34.6 Å². The number of hydrogen-bond acceptors (Lipinski definition) is 7. The fourth-order valence-electron chi connectivity index (χ4n) is 3.09. The van der Waals surface area contributed by atoms with Gasteiger partial charge >= 0.3 is 5.97 Å². The first-order valence-corrected chi connectivity index (χ1v) is 7.92. The summed E-state index contributed by atoms with van der Waals surface area (Å²) < 4.78 is 34.1. The lowest BCUT2D eigenvalue weighted by atomic mass is 10.0. The average Bonchev–Trinajstić information content (AvgIpc) is 3.01. The standard InChI is InChI=1S/C16H24O7/c1-6-18-11(17)7-9-12(10-8-19-15(2,3)21-10)20-14-13(9)22-16(4,5)23-14/h7,10,12-14H,6,8H2,1-5H3/b9-7-/t10-,12+,13-,14-/m1/s1. The van der Waals surface area contributed by atoms with Crippen molar-refractivity contribution in [1.29, 1.82) is 0 Å². The van der Waals surface area contributed by atoms with Gasteiger partial charge in [-0.15, -0.1) is 0 Å². The quantitative estimate of drug-likeness (QED) is 0.574. The number of hydrogen-bond donors (Lipinski definition) is 0. The molecule has 0 aromatic carbocycles. The van der Waals surface area contributed by atoms with Crippen LogP contribution < -0.4 is 0 Å². The van der Waals surface area contributed by atoms with Gasteiger partial charge in [-0.3, -0.25) is 0 Å². The Morgan fingerprint density at radius 1 is 1.17 bits per heavy atom. The van der Waals surface area contributed by atoms with Crippen LogP contribution in [-0.2, 0) is 33.2 Å². The summed E-state index contributed by atoms with van der Waals surface area (Å²) in [7, 11) is 0. The van der Waals surface area contributed by atoms with Gasteiger partial charge in [0.15, 0.2) is 17.9 Å². The van der Waals surface area contributed by atoms with Crippen LogP contribution in [0.3, 0.4) is 0 Å². The molecule has 7 nitrogen and oxygen atoms in total. The van der Waals surface area contributed by atoms with Crippen molar-refractivity contribution in [3.8, 4) is 0 Å². The van der Waals surface area contributed by atoms with Crippen LogP contribution in [0.2, 0.25) is 0 Å². The third-order valence-electron chi connectivity index (χ3n) is 3.93. The second kappa shape index (κ2) is 5.82. The minimum absolute atomic E-state index is 0.307. The van der Waals surface area contributed by atoms with Gasteiger partial charge in [-0.2, -0.15) is 0 Å². The van der Waals surface area contributed by atoms with E-state index < -0.39 is 36.0 Å². The van der Waals surface area contributed by atoms with Crippen LogP contribution in [0.5, 0.6) is 0 Å². The number of ether oxygens (including phenoxy) is 6. The molecule has 3 aliphatic heterocycles. The highest BCUT2D eigenvalue weighted by atomic mass is 16.8. The van der Waals surface area contributed by atoms with Crippen molar-refractivity contribution >= 4 is 5.97 Å². The minimum Gasteiger partial charge on any atom is -0.463 e. The summed E-state index contributed by atoms with van der Waals surface area (Å²) >= 11 is 0. The molecule has 3 rings (SSSR count). The van der Waals surface area contributed by atoms with E-state index in [1.807, 2.05) is 27.7 Å². The Kier molecular flexibility index (Phi) is 4.27. The second-order valence-electron chi connectivity index (χ2n) is 6.74. The third kappa shape index (κ3) is 3.44. The highest BCUT2D eigenvalue weighted by molar-refractivity contribution is 5.83. The molecule has 0 saturated carbocycles. The molecule has 130 valence electrons. The fraction of sp³-hybridized carbons (Fsp3) is 0.812. The van der Waals surface area contributed by atoms with Gasteiger partial charge in [-0.1, -0.05) is 0 Å². The van der Waals surface area contributed by atoms with Gasteiger partial charge in [0, 0.05) is 11.6 Å². The zero-order valence-electron chi connectivity index (χ0n) is 14.2. The number of rotatable bonds is 3. The third-order valence-corrected chi connectivity index (χ3v) is 3.93. The van der Waals surface area contributed by atoms with E-state index in [4.69, 9.17) is 28.4 Å². The summed E-state index contributed by atoms with van der Waals surface area (Å²) in [4.78, 5) is 11.9. The topological polar surface area (TPSA) is 72.5 Å². The van der Waals surface area contributed by atoms with Crippen LogP contribution >= 0.6 is 0 Å². The van der Waals surface area contributed by atoms with Crippen molar-refractivity contribution in [1.82, 2.24) is 0 Å². The first-order valence-electron chi connectivity index (χ1n) is 7.92. The predicted molar refractivity (Wildman–Crippen MR) is 78.3 cm³/mol. The van der Waals surface area contributed by atoms with E-state index in [1.165, 1.54) is 6.08 Å². The zero-order chi connectivity index (χ0) is 16.8. The Morgan fingerprint density at radius 2 is 1.91 bits per heavy atom. The Bertz CT molecular complexity index is 511. The highest BCUT2D eigenvalue weighted by Crippen LogP contribution is 2.43. The molecule has 7 heteroatoms. The maximum atomic E-state index is 11.9. The SMILES string of the molecule is CCOC(=O)/C=C1\[C@H]2OC(C)(C)O[C@H]2O[C@@H]1[C@H]1COC(C)(C)O1. The van der Waals surface area contributed by atoms with Gasteiger partial charge in [0.05, 0.1) is 13.2 Å². The molecule has 0 radical (unpaired) electrons. The first kappa shape index (κ1) is 16.9. The molecule has 3 fully saturated rings. The van der Waals surface area contributed by atoms with E-state index in [0.29, 0.717) is 18.8 Å². The first-order chi connectivity index (χ1) is 10.7. The molecule has 23 heavy (non-hydrogen) atoms. The molecule has 0 aromatic rings. The van der Waals surface area contributed by atoms with Gasteiger partial charge in [0.1, 0.15) is 18.3 Å². The minimum atomic E-state index is -0.764. The maximum absolute atomic E-state index is 11.9. The molecule has 3 saturated heterocycles. The van der Waals surface area contributed by atoms with Crippen LogP contribution in [-0.4, -0.2) is 55.4 Å². The Labute approximate surface area is 135 Å². The van der Waals surface area contributed by atoms with E-state index in [1.54, 1.807) is 6.92 Å². The molecule has 0 aliphatic carbocycles. The number of esters is 1. The van der Waals surface area contributed by atoms with Crippen molar-refractivity contribution in [2.75, 3.05) is 13.2 Å². The Morgan fingerprint density at radius 3 is 2.52 bits per heavy atom. The van der Waals surface area contributed by atoms with Crippen molar-refractivity contribution in [3.63, 3.8) is 0 Å². The highest BCUT2D eigenvalue weighted by Gasteiger charge is 2.55. The van der Waals surface area contributed by atoms with Gasteiger partial charge < -0.3 is 28.4 Å². The fourth-order valence-corrected chi connectivity index (χ4v) is 3.09. The van der Waals surface area contributed by atoms with E-state index in [2.05, 4.69) is 0 Å². The van der Waals surface area contributed by atoms with Crippen molar-refractivity contribution in [2.45, 2.75) is 70.8 Å². The number of carbonyl (C=O) groups is 1. The molecule has 0 amide bonds. The Hall–Kier alpha value is -0.990. The number of fused-ring (bicyclic) bond motifs is 1. The van der Waals surface area contributed by atoms with E-state index in [9.17, 15) is 4.79 Å². The lowest BCUT2D eigenvalue weighted by Crippen LogP contribution is -2.35. The second-order valence-corrected chi connectivity index (χ2v) is 6.74. The van der Waals surface area contributed by atoms with Crippen LogP contribution in [0, 0.1) is 0 Å². The van der Waals surface area contributed by atoms with Crippen LogP contribution in [0.25, 0.3) is 0 Å². The van der Waals surface area contributed by atoms with E-state index in [0.717, 1.165) is 0 Å². The van der Waals surface area contributed by atoms with Gasteiger partial charge in [0.25, 0.3) is 0 Å². The Balaban J connectivity index is 1.83. The summed E-state index contributed by atoms with van der Waals surface area (Å²) in [5.41, 5.74) is 0.672. The van der Waals surface area contributed by atoms with E-state index >= 15 is 0 Å². The molecule has 0 N–H and O–H groups in total. The molecule has 0 unspecified atom stereocenters. The van der Waals surface area contributed by atoms with Gasteiger partial charge in [-0.25, -0.2) is 4.79 Å². The monoisotopic (exact) mass is 328 g/mol. The normalized spacial score (nSPS) is 39.6. The smallest absolute Gasteiger partial charge is 0.330 e. The molecule has 0 spiro atoms. The largest absolute Gasteiger partial charge is 0.463 e. The lowest BCUT2D eigenvalue weighted by Gasteiger charge is -2.25. The lowest BCUT2D eigenvalue weighted by molar-refractivity contribution is -0.215. The number of carbonyl (C=O) groups excluding carboxylic acids is 1. The summed E-state index contributed by atoms with van der Waals surface area (Å²) in [6.45, 7) is 9.74. The summed E-state index contributed by atoms with van der Waals surface area (Å²) in [6.07, 6.45) is -0.383. The van der Waals surface area contributed by atoms with Gasteiger partial charge in [0.2, 0.25) is 0 Å². The predicted octanol–water partition coefficient (Wildman–Crippen LogP) is 1.50. The summed E-state index contributed by atoms with van der Waals surface area (Å²) in [5, 5.41) is 0. The van der Waals surface area contributed by atoms with Crippen LogP contribution in [0.4, 0.5) is 0 Å². The van der Waals surface area contributed by atoms with Crippen molar-refractivity contribution in [3.05, 3.63) is 11.6 Å². The summed E-state index contributed by atoms with van der Waals surface area (Å²) in [5.74, 6) is -1.87. The average molecular weight is 328 g/mol. The summed E-state index contributed by atoms with van der Waals surface area (Å²) in [6, 6.07) is 0. The van der Waals surface area contributed by atoms with Crippen molar-refractivity contribution in [2.24, 2.45) is 0 Å². The van der Waals surface area contributed by atoms with Gasteiger partial charge in [-0.05, 0) is 34.6 Å². The molecule has 0 bridgehead atoms. The van der Waals surface area contributed by atoms with Crippen LogP contribution in [0.15, 0.2) is 11.6 Å².